The number of nitrogen functional groups attached to an aromatic ring is 1. The van der Waals surface area contributed by atoms with Gasteiger partial charge in [0.05, 0.1) is 18.5 Å². The average molecular weight is 239 g/mol. The molecule has 5 nitrogen and oxygen atoms in total. The fraction of sp³-hybridized carbons (Fsp3) is 0.583. The molecule has 0 fully saturated rings. The van der Waals surface area contributed by atoms with Gasteiger partial charge in [0.15, 0.2) is 0 Å². The Morgan fingerprint density at radius 1 is 1.18 bits per heavy atom. The first kappa shape index (κ1) is 13.7. The molecular formula is C12H21N3O2. The molecule has 0 atom stereocenters. The molecule has 0 saturated carbocycles. The highest BCUT2D eigenvalue weighted by molar-refractivity contribution is 5.45. The number of nitrogens with zero attached hydrogens (tertiary/aromatic N) is 2. The second-order valence-corrected chi connectivity index (χ2v) is 3.78. The van der Waals surface area contributed by atoms with E-state index in [4.69, 9.17) is 15.2 Å². The predicted octanol–water partition coefficient (Wildman–Crippen LogP) is 1.15. The van der Waals surface area contributed by atoms with Gasteiger partial charge in [0, 0.05) is 33.9 Å². The Morgan fingerprint density at radius 3 is 2.53 bits per heavy atom. The van der Waals surface area contributed by atoms with Crippen molar-refractivity contribution in [3.05, 3.63) is 18.3 Å². The van der Waals surface area contributed by atoms with Gasteiger partial charge in [-0.25, -0.2) is 4.98 Å². The molecule has 1 aromatic heterocycles. The second-order valence-electron chi connectivity index (χ2n) is 3.78. The first-order valence-electron chi connectivity index (χ1n) is 5.72. The summed E-state index contributed by atoms with van der Waals surface area (Å²) in [5.74, 6) is 0.923. The average Bonchev–Trinajstić information content (AvgIpc) is 2.35. The summed E-state index contributed by atoms with van der Waals surface area (Å²) in [6, 6.07) is 3.79. The van der Waals surface area contributed by atoms with Gasteiger partial charge in [-0.2, -0.15) is 0 Å². The highest BCUT2D eigenvalue weighted by Crippen LogP contribution is 2.12. The zero-order chi connectivity index (χ0) is 12.5. The maximum Gasteiger partial charge on any atom is 0.128 e. The van der Waals surface area contributed by atoms with Crippen LogP contribution in [0.25, 0.3) is 0 Å². The Bertz CT molecular complexity index is 303. The monoisotopic (exact) mass is 239 g/mol. The van der Waals surface area contributed by atoms with Gasteiger partial charge in [-0.3, -0.25) is 0 Å². The summed E-state index contributed by atoms with van der Waals surface area (Å²) in [6.07, 6.45) is 2.64. The Labute approximate surface area is 103 Å². The van der Waals surface area contributed by atoms with Crippen LogP contribution >= 0.6 is 0 Å². The van der Waals surface area contributed by atoms with Gasteiger partial charge in [-0.1, -0.05) is 0 Å². The fourth-order valence-electron chi connectivity index (χ4n) is 1.53. The molecule has 0 spiro atoms. The summed E-state index contributed by atoms with van der Waals surface area (Å²) < 4.78 is 10.2. The van der Waals surface area contributed by atoms with Gasteiger partial charge in [0.2, 0.25) is 0 Å². The van der Waals surface area contributed by atoms with Crippen molar-refractivity contribution in [1.29, 1.82) is 0 Å². The number of pyridine rings is 1. The Kier molecular flexibility index (Phi) is 6.35. The Morgan fingerprint density at radius 2 is 1.94 bits per heavy atom. The van der Waals surface area contributed by atoms with E-state index in [-0.39, 0.29) is 0 Å². The Hall–Kier alpha value is -1.33. The lowest BCUT2D eigenvalue weighted by Crippen LogP contribution is -2.29. The molecule has 0 saturated heterocycles. The lowest BCUT2D eigenvalue weighted by molar-refractivity contribution is 0.191. The summed E-state index contributed by atoms with van der Waals surface area (Å²) in [4.78, 5) is 6.48. The van der Waals surface area contributed by atoms with Gasteiger partial charge < -0.3 is 20.1 Å². The molecule has 1 rings (SSSR count). The van der Waals surface area contributed by atoms with Crippen molar-refractivity contribution >= 4 is 11.5 Å². The number of aromatic nitrogens is 1. The summed E-state index contributed by atoms with van der Waals surface area (Å²) in [7, 11) is 3.41. The molecule has 2 N–H and O–H groups in total. The third kappa shape index (κ3) is 5.01. The summed E-state index contributed by atoms with van der Waals surface area (Å²) in [5, 5.41) is 0. The summed E-state index contributed by atoms with van der Waals surface area (Å²) in [6.45, 7) is 3.14. The predicted molar refractivity (Wildman–Crippen MR) is 69.2 cm³/mol. The zero-order valence-corrected chi connectivity index (χ0v) is 10.6. The zero-order valence-electron chi connectivity index (χ0n) is 10.6. The lowest BCUT2D eigenvalue weighted by Gasteiger charge is -2.23. The van der Waals surface area contributed by atoms with Crippen LogP contribution in [-0.2, 0) is 9.47 Å². The highest BCUT2D eigenvalue weighted by Gasteiger charge is 2.06. The minimum atomic E-state index is 0.678. The summed E-state index contributed by atoms with van der Waals surface area (Å²) >= 11 is 0. The first-order valence-corrected chi connectivity index (χ1v) is 5.72. The number of rotatable bonds is 8. The van der Waals surface area contributed by atoms with Gasteiger partial charge in [-0.05, 0) is 18.6 Å². The van der Waals surface area contributed by atoms with Crippen molar-refractivity contribution in [1.82, 2.24) is 4.98 Å². The van der Waals surface area contributed by atoms with Crippen molar-refractivity contribution < 1.29 is 9.47 Å². The van der Waals surface area contributed by atoms with Gasteiger partial charge in [-0.15, -0.1) is 0 Å². The van der Waals surface area contributed by atoms with Crippen LogP contribution in [0.2, 0.25) is 0 Å². The number of hydrogen-bond acceptors (Lipinski definition) is 5. The Balaban J connectivity index is 2.57. The van der Waals surface area contributed by atoms with Gasteiger partial charge in [0.25, 0.3) is 0 Å². The molecule has 0 aliphatic heterocycles. The van der Waals surface area contributed by atoms with Crippen LogP contribution in [0.3, 0.4) is 0 Å². The minimum absolute atomic E-state index is 0.678. The number of methoxy groups -OCH3 is 2. The van der Waals surface area contributed by atoms with Crippen molar-refractivity contribution in [3.8, 4) is 0 Å². The quantitative estimate of drug-likeness (QED) is 0.690. The van der Waals surface area contributed by atoms with Crippen LogP contribution < -0.4 is 10.6 Å². The largest absolute Gasteiger partial charge is 0.397 e. The molecular weight excluding hydrogens is 218 g/mol. The second kappa shape index (κ2) is 7.86. The molecule has 1 heterocycles. The molecule has 0 bridgehead atoms. The number of anilines is 2. The molecule has 0 amide bonds. The molecule has 96 valence electrons. The van der Waals surface area contributed by atoms with Crippen LogP contribution in [0.1, 0.15) is 6.42 Å². The van der Waals surface area contributed by atoms with E-state index in [1.165, 1.54) is 0 Å². The normalized spacial score (nSPS) is 10.5. The number of hydrogen-bond donors (Lipinski definition) is 1. The van der Waals surface area contributed by atoms with Crippen LogP contribution in [0.5, 0.6) is 0 Å². The van der Waals surface area contributed by atoms with Gasteiger partial charge in [0.1, 0.15) is 5.82 Å². The first-order chi connectivity index (χ1) is 8.27. The van der Waals surface area contributed by atoms with E-state index in [0.29, 0.717) is 12.3 Å². The third-order valence-corrected chi connectivity index (χ3v) is 2.44. The van der Waals surface area contributed by atoms with E-state index >= 15 is 0 Å². The number of nitrogens with two attached hydrogens (primary N) is 1. The molecule has 0 aliphatic rings. The van der Waals surface area contributed by atoms with E-state index in [2.05, 4.69) is 9.88 Å². The molecule has 5 heteroatoms. The third-order valence-electron chi connectivity index (χ3n) is 2.44. The molecule has 17 heavy (non-hydrogen) atoms. The molecule has 0 aromatic carbocycles. The molecule has 1 aromatic rings. The molecule has 0 radical (unpaired) electrons. The lowest BCUT2D eigenvalue weighted by atomic mass is 10.3. The van der Waals surface area contributed by atoms with Crippen molar-refractivity contribution in [2.45, 2.75) is 6.42 Å². The minimum Gasteiger partial charge on any atom is -0.397 e. The van der Waals surface area contributed by atoms with Crippen molar-refractivity contribution in [2.75, 3.05) is 51.2 Å². The summed E-state index contributed by atoms with van der Waals surface area (Å²) in [5.41, 5.74) is 6.30. The van der Waals surface area contributed by atoms with E-state index in [0.717, 1.165) is 31.9 Å². The van der Waals surface area contributed by atoms with Crippen LogP contribution in [-0.4, -0.2) is 45.5 Å². The maximum absolute atomic E-state index is 5.62. The van der Waals surface area contributed by atoms with Crippen LogP contribution in [0.4, 0.5) is 11.5 Å². The molecule has 0 unspecified atom stereocenters. The molecule has 0 aliphatic carbocycles. The number of ether oxygens (including phenoxy) is 2. The SMILES string of the molecule is COCCCN(CCOC)c1ccc(N)cn1. The van der Waals surface area contributed by atoms with Crippen LogP contribution in [0, 0.1) is 0 Å². The topological polar surface area (TPSA) is 60.6 Å². The van der Waals surface area contributed by atoms with E-state index in [1.54, 1.807) is 20.4 Å². The van der Waals surface area contributed by atoms with Crippen molar-refractivity contribution in [3.63, 3.8) is 0 Å². The standard InChI is InChI=1S/C12H21N3O2/c1-16-8-3-6-15(7-9-17-2)12-5-4-11(13)10-14-12/h4-5,10H,3,6-9,13H2,1-2H3. The smallest absolute Gasteiger partial charge is 0.128 e. The van der Waals surface area contributed by atoms with Crippen molar-refractivity contribution in [2.24, 2.45) is 0 Å². The highest BCUT2D eigenvalue weighted by atomic mass is 16.5. The van der Waals surface area contributed by atoms with E-state index in [9.17, 15) is 0 Å². The van der Waals surface area contributed by atoms with Gasteiger partial charge >= 0.3 is 0 Å². The van der Waals surface area contributed by atoms with E-state index in [1.807, 2.05) is 12.1 Å². The van der Waals surface area contributed by atoms with E-state index < -0.39 is 0 Å². The maximum atomic E-state index is 5.62. The fourth-order valence-corrected chi connectivity index (χ4v) is 1.53. The van der Waals surface area contributed by atoms with Crippen LogP contribution in [0.15, 0.2) is 18.3 Å².